The van der Waals surface area contributed by atoms with Crippen molar-refractivity contribution in [3.63, 3.8) is 0 Å². The van der Waals surface area contributed by atoms with Crippen LogP contribution in [0.5, 0.6) is 0 Å². The number of aromatic nitrogens is 3. The number of amides is 2. The van der Waals surface area contributed by atoms with E-state index >= 15 is 0 Å². The molecule has 0 aliphatic heterocycles. The maximum Gasteiger partial charge on any atom is 0.251 e. The maximum absolute atomic E-state index is 13.9. The van der Waals surface area contributed by atoms with Crippen molar-refractivity contribution >= 4 is 68.4 Å². The third-order valence-electron chi connectivity index (χ3n) is 4.52. The number of carbonyl (C=O) groups excluding carboxylic acids is 2. The van der Waals surface area contributed by atoms with Gasteiger partial charge >= 0.3 is 0 Å². The van der Waals surface area contributed by atoms with Crippen molar-refractivity contribution < 1.29 is 14.0 Å². The molecule has 0 aliphatic rings. The topological polar surface area (TPSA) is 88.9 Å². The summed E-state index contributed by atoms with van der Waals surface area (Å²) in [5.74, 6) is -0.704. The van der Waals surface area contributed by atoms with E-state index in [1.807, 2.05) is 6.92 Å². The molecule has 2 aromatic carbocycles. The molecule has 0 saturated heterocycles. The van der Waals surface area contributed by atoms with Crippen LogP contribution in [0, 0.1) is 5.82 Å². The van der Waals surface area contributed by atoms with E-state index in [0.29, 0.717) is 32.6 Å². The first-order chi connectivity index (χ1) is 15.7. The number of anilines is 1. The molecule has 0 saturated carbocycles. The average molecular weight is 575 g/mol. The van der Waals surface area contributed by atoms with Gasteiger partial charge in [0.25, 0.3) is 5.91 Å². The number of nitrogens with one attached hydrogen (secondary N) is 2. The molecule has 12 heteroatoms. The van der Waals surface area contributed by atoms with Gasteiger partial charge in [0.15, 0.2) is 11.0 Å². The summed E-state index contributed by atoms with van der Waals surface area (Å²) >= 11 is 16.2. The van der Waals surface area contributed by atoms with Gasteiger partial charge in [-0.3, -0.25) is 9.59 Å². The minimum Gasteiger partial charge on any atom is -0.342 e. The zero-order valence-electron chi connectivity index (χ0n) is 17.5. The zero-order valence-corrected chi connectivity index (χ0v) is 21.4. The van der Waals surface area contributed by atoms with Gasteiger partial charge < -0.3 is 15.2 Å². The number of benzene rings is 2. The molecule has 7 nitrogen and oxygen atoms in total. The van der Waals surface area contributed by atoms with Crippen molar-refractivity contribution in [1.29, 1.82) is 0 Å². The third kappa shape index (κ3) is 6.47. The second kappa shape index (κ2) is 11.3. The second-order valence-electron chi connectivity index (χ2n) is 6.87. The van der Waals surface area contributed by atoms with Gasteiger partial charge in [-0.25, -0.2) is 4.39 Å². The van der Waals surface area contributed by atoms with Gasteiger partial charge in [-0.1, -0.05) is 50.9 Å². The van der Waals surface area contributed by atoms with Crippen molar-refractivity contribution in [1.82, 2.24) is 20.1 Å². The first-order valence-corrected chi connectivity index (χ1v) is 12.3. The van der Waals surface area contributed by atoms with E-state index in [-0.39, 0.29) is 28.3 Å². The van der Waals surface area contributed by atoms with Crippen LogP contribution in [0.4, 0.5) is 10.1 Å². The van der Waals surface area contributed by atoms with E-state index in [9.17, 15) is 14.0 Å². The van der Waals surface area contributed by atoms with Crippen LogP contribution in [-0.4, -0.2) is 32.3 Å². The molecule has 1 atom stereocenters. The molecule has 0 radical (unpaired) electrons. The summed E-state index contributed by atoms with van der Waals surface area (Å²) in [5.41, 5.74) is 0.463. The van der Waals surface area contributed by atoms with Gasteiger partial charge in [-0.05, 0) is 50.2 Å². The smallest absolute Gasteiger partial charge is 0.251 e. The highest BCUT2D eigenvalue weighted by Gasteiger charge is 2.21. The Bertz CT molecular complexity index is 1190. The molecule has 1 heterocycles. The molecule has 2 N–H and O–H groups in total. The van der Waals surface area contributed by atoms with E-state index in [1.54, 1.807) is 29.7 Å². The Kier molecular flexibility index (Phi) is 8.75. The van der Waals surface area contributed by atoms with Crippen molar-refractivity contribution in [3.8, 4) is 0 Å². The molecule has 0 bridgehead atoms. The largest absolute Gasteiger partial charge is 0.342 e. The van der Waals surface area contributed by atoms with Gasteiger partial charge in [0.05, 0.1) is 27.5 Å². The fraction of sp³-hybridized carbons (Fsp3) is 0.238. The summed E-state index contributed by atoms with van der Waals surface area (Å²) in [4.78, 5) is 24.8. The summed E-state index contributed by atoms with van der Waals surface area (Å²) in [5, 5.41) is 14.9. The Labute approximate surface area is 212 Å². The lowest BCUT2D eigenvalue weighted by Crippen LogP contribution is -2.28. The Morgan fingerprint density at radius 3 is 2.61 bits per heavy atom. The number of halogens is 4. The number of nitrogens with zero attached hydrogens (tertiary/aromatic N) is 3. The second-order valence-corrected chi connectivity index (χ2v) is 9.54. The van der Waals surface area contributed by atoms with E-state index in [4.69, 9.17) is 23.2 Å². The molecule has 3 rings (SSSR count). The fourth-order valence-corrected chi connectivity index (χ4v) is 4.35. The third-order valence-corrected chi connectivity index (χ3v) is 6.71. The average Bonchev–Trinajstić information content (AvgIpc) is 3.19. The molecule has 0 aliphatic carbocycles. The monoisotopic (exact) mass is 573 g/mol. The van der Waals surface area contributed by atoms with Crippen molar-refractivity contribution in [2.24, 2.45) is 0 Å². The van der Waals surface area contributed by atoms with Crippen LogP contribution in [-0.2, 0) is 11.3 Å². The van der Waals surface area contributed by atoms with E-state index < -0.39 is 11.9 Å². The van der Waals surface area contributed by atoms with Crippen LogP contribution in [0.15, 0.2) is 46.0 Å². The Morgan fingerprint density at radius 1 is 1.18 bits per heavy atom. The zero-order chi connectivity index (χ0) is 24.1. The van der Waals surface area contributed by atoms with Gasteiger partial charge in [0, 0.05) is 16.6 Å². The molecular weight excluding hydrogens is 556 g/mol. The van der Waals surface area contributed by atoms with Gasteiger partial charge in [-0.2, -0.15) is 0 Å². The van der Waals surface area contributed by atoms with Crippen LogP contribution in [0.1, 0.15) is 36.1 Å². The summed E-state index contributed by atoms with van der Waals surface area (Å²) in [6, 6.07) is 8.56. The lowest BCUT2D eigenvalue weighted by Gasteiger charge is -2.15. The molecule has 3 aromatic rings. The standard InChI is InChI=1S/C21H19BrCl2FN5O2S/c1-3-30-19(11(2)26-20(32)12-4-6-14(23)15(24)8-12)28-29-21(30)33-10-18(31)27-17-7-5-13(22)9-16(17)25/h4-9,11H,3,10H2,1-2H3,(H,26,32)(H,27,31)/t11-/m1/s1. The summed E-state index contributed by atoms with van der Waals surface area (Å²) < 4.78 is 16.3. The first kappa shape index (κ1) is 25.5. The molecule has 0 spiro atoms. The lowest BCUT2D eigenvalue weighted by atomic mass is 10.2. The predicted molar refractivity (Wildman–Crippen MR) is 131 cm³/mol. The van der Waals surface area contributed by atoms with Crippen molar-refractivity contribution in [2.75, 3.05) is 11.1 Å². The minimum absolute atomic E-state index is 0.0116. The Morgan fingerprint density at radius 2 is 1.94 bits per heavy atom. The van der Waals surface area contributed by atoms with E-state index in [2.05, 4.69) is 36.8 Å². The molecular formula is C21H19BrCl2FN5O2S. The van der Waals surface area contributed by atoms with Crippen LogP contribution >= 0.6 is 50.9 Å². The van der Waals surface area contributed by atoms with E-state index in [1.165, 1.54) is 30.0 Å². The molecule has 174 valence electrons. The van der Waals surface area contributed by atoms with Crippen LogP contribution in [0.2, 0.25) is 10.0 Å². The maximum atomic E-state index is 13.9. The van der Waals surface area contributed by atoms with Crippen LogP contribution in [0.25, 0.3) is 0 Å². The molecule has 0 fully saturated rings. The molecule has 1 aromatic heterocycles. The Hall–Kier alpha value is -2.14. The van der Waals surface area contributed by atoms with Crippen LogP contribution in [0.3, 0.4) is 0 Å². The summed E-state index contributed by atoms with van der Waals surface area (Å²) in [6.07, 6.45) is 0. The van der Waals surface area contributed by atoms with Gasteiger partial charge in [0.1, 0.15) is 5.82 Å². The number of thioether (sulfide) groups is 1. The predicted octanol–water partition coefficient (Wildman–Crippen LogP) is 5.73. The minimum atomic E-state index is -0.534. The quantitative estimate of drug-likeness (QED) is 0.335. The summed E-state index contributed by atoms with van der Waals surface area (Å²) in [7, 11) is 0. The first-order valence-electron chi connectivity index (χ1n) is 9.76. The van der Waals surface area contributed by atoms with Gasteiger partial charge in [-0.15, -0.1) is 10.2 Å². The highest BCUT2D eigenvalue weighted by molar-refractivity contribution is 9.10. The van der Waals surface area contributed by atoms with E-state index in [0.717, 1.165) is 0 Å². The van der Waals surface area contributed by atoms with Crippen LogP contribution < -0.4 is 10.6 Å². The number of rotatable bonds is 8. The molecule has 0 unspecified atom stereocenters. The lowest BCUT2D eigenvalue weighted by molar-refractivity contribution is -0.113. The highest BCUT2D eigenvalue weighted by Crippen LogP contribution is 2.25. The molecule has 2 amide bonds. The summed E-state index contributed by atoms with van der Waals surface area (Å²) in [6.45, 7) is 4.21. The number of hydrogen-bond acceptors (Lipinski definition) is 5. The van der Waals surface area contributed by atoms with Gasteiger partial charge in [0.2, 0.25) is 5.91 Å². The van der Waals surface area contributed by atoms with Crippen molar-refractivity contribution in [3.05, 3.63) is 68.1 Å². The normalized spacial score (nSPS) is 11.8. The Balaban J connectivity index is 1.64. The number of hydrogen-bond donors (Lipinski definition) is 2. The highest BCUT2D eigenvalue weighted by atomic mass is 79.9. The SMILES string of the molecule is CCn1c(SCC(=O)Nc2ccc(Br)cc2F)nnc1[C@@H](C)NC(=O)c1ccc(Cl)c(Cl)c1. The number of carbonyl (C=O) groups is 2. The molecule has 33 heavy (non-hydrogen) atoms. The van der Waals surface area contributed by atoms with Crippen molar-refractivity contribution in [2.45, 2.75) is 31.6 Å². The fourth-order valence-electron chi connectivity index (χ4n) is 2.91.